The van der Waals surface area contributed by atoms with Crippen LogP contribution in [0.15, 0.2) is 182 Å². The fraction of sp³-hybridized carbons (Fsp3) is 0.167. The summed E-state index contributed by atoms with van der Waals surface area (Å²) < 4.78 is -0.970. The largest absolute Gasteiger partial charge is 0.481 e. The highest BCUT2D eigenvalue weighted by Gasteiger charge is 2.39. The van der Waals surface area contributed by atoms with Crippen molar-refractivity contribution < 1.29 is 29.1 Å². The van der Waals surface area contributed by atoms with Crippen LogP contribution in [-0.4, -0.2) is 45.4 Å². The fourth-order valence-corrected chi connectivity index (χ4v) is 9.90. The lowest BCUT2D eigenvalue weighted by atomic mass is 9.84. The maximum atomic E-state index is 12.4. The summed E-state index contributed by atoms with van der Waals surface area (Å²) in [6.07, 6.45) is 0.370. The summed E-state index contributed by atoms with van der Waals surface area (Å²) >= 11 is 3.30. The molecular formula is C48H43NO6S2. The van der Waals surface area contributed by atoms with E-state index in [4.69, 9.17) is 9.94 Å². The lowest BCUT2D eigenvalue weighted by Gasteiger charge is -2.35. The van der Waals surface area contributed by atoms with E-state index in [0.29, 0.717) is 16.6 Å². The quantitative estimate of drug-likeness (QED) is 0.0811. The molecule has 0 unspecified atom stereocenters. The number of rotatable bonds is 15. The van der Waals surface area contributed by atoms with Crippen LogP contribution in [-0.2, 0) is 33.5 Å². The van der Waals surface area contributed by atoms with Gasteiger partial charge in [0.1, 0.15) is 0 Å². The molecule has 1 aliphatic heterocycles. The Morgan fingerprint density at radius 1 is 0.474 bits per heavy atom. The van der Waals surface area contributed by atoms with Crippen molar-refractivity contribution in [3.8, 4) is 0 Å². The van der Waals surface area contributed by atoms with Crippen LogP contribution in [0.4, 0.5) is 0 Å². The molecule has 6 aromatic carbocycles. The molecule has 57 heavy (non-hydrogen) atoms. The van der Waals surface area contributed by atoms with Crippen LogP contribution in [0.25, 0.3) is 0 Å². The fourth-order valence-electron chi connectivity index (χ4n) is 6.92. The Balaban J connectivity index is 0.000000199. The molecule has 6 aromatic rings. The first-order chi connectivity index (χ1) is 27.8. The number of thioether (sulfide) groups is 2. The van der Waals surface area contributed by atoms with Crippen LogP contribution in [0.3, 0.4) is 0 Å². The predicted molar refractivity (Wildman–Crippen MR) is 227 cm³/mol. The summed E-state index contributed by atoms with van der Waals surface area (Å²) in [5, 5.41) is 9.71. The van der Waals surface area contributed by atoms with E-state index in [1.54, 1.807) is 23.5 Å². The Hall–Kier alpha value is -5.90. The van der Waals surface area contributed by atoms with Gasteiger partial charge in [0.15, 0.2) is 0 Å². The van der Waals surface area contributed by atoms with Crippen molar-refractivity contribution in [2.45, 2.75) is 35.2 Å². The van der Waals surface area contributed by atoms with Crippen molar-refractivity contribution in [1.82, 2.24) is 5.06 Å². The Morgan fingerprint density at radius 3 is 1.00 bits per heavy atom. The third-order valence-electron chi connectivity index (χ3n) is 9.54. The maximum absolute atomic E-state index is 12.4. The Kier molecular flexibility index (Phi) is 14.2. The first-order valence-corrected chi connectivity index (χ1v) is 20.7. The number of nitrogens with zero attached hydrogens (tertiary/aromatic N) is 1. The number of amides is 2. The molecule has 0 aromatic heterocycles. The van der Waals surface area contributed by atoms with Crippen molar-refractivity contribution >= 4 is 47.3 Å². The minimum atomic E-state index is -0.768. The average molecular weight is 794 g/mol. The lowest BCUT2D eigenvalue weighted by Crippen LogP contribution is -2.32. The molecule has 2 amide bonds. The maximum Gasteiger partial charge on any atom is 0.334 e. The Labute approximate surface area is 342 Å². The van der Waals surface area contributed by atoms with Crippen LogP contribution in [0.5, 0.6) is 0 Å². The van der Waals surface area contributed by atoms with Crippen molar-refractivity contribution in [2.75, 3.05) is 11.5 Å². The monoisotopic (exact) mass is 793 g/mol. The van der Waals surface area contributed by atoms with Gasteiger partial charge in [-0.2, -0.15) is 0 Å². The van der Waals surface area contributed by atoms with Gasteiger partial charge in [-0.15, -0.1) is 28.6 Å². The highest BCUT2D eigenvalue weighted by molar-refractivity contribution is 8.00. The van der Waals surface area contributed by atoms with Gasteiger partial charge in [-0.25, -0.2) is 4.79 Å². The van der Waals surface area contributed by atoms with Crippen LogP contribution in [0.2, 0.25) is 0 Å². The highest BCUT2D eigenvalue weighted by Crippen LogP contribution is 2.50. The summed E-state index contributed by atoms with van der Waals surface area (Å²) in [5.41, 5.74) is 6.76. The van der Waals surface area contributed by atoms with E-state index in [0.717, 1.165) is 33.4 Å². The molecule has 1 heterocycles. The number of hydrogen-bond acceptors (Lipinski definition) is 7. The number of hydrogen-bond donors (Lipinski definition) is 1. The second kappa shape index (κ2) is 19.8. The molecule has 1 N–H and O–H groups in total. The normalized spacial score (nSPS) is 12.7. The molecule has 0 atom stereocenters. The first kappa shape index (κ1) is 40.8. The van der Waals surface area contributed by atoms with E-state index >= 15 is 0 Å². The summed E-state index contributed by atoms with van der Waals surface area (Å²) in [6, 6.07) is 61.5. The van der Waals surface area contributed by atoms with E-state index in [-0.39, 0.29) is 25.7 Å². The molecule has 7 rings (SSSR count). The summed E-state index contributed by atoms with van der Waals surface area (Å²) in [5.74, 6) is -1.33. The minimum absolute atomic E-state index is 0.0655. The van der Waals surface area contributed by atoms with Crippen LogP contribution >= 0.6 is 23.5 Å². The number of hydroxylamine groups is 2. The molecule has 0 aliphatic carbocycles. The Morgan fingerprint density at radius 2 is 0.737 bits per heavy atom. The minimum Gasteiger partial charge on any atom is -0.481 e. The number of carbonyl (C=O) groups is 4. The van der Waals surface area contributed by atoms with Crippen LogP contribution < -0.4 is 0 Å². The van der Waals surface area contributed by atoms with Gasteiger partial charge in [0.05, 0.1) is 22.3 Å². The van der Waals surface area contributed by atoms with Gasteiger partial charge in [0, 0.05) is 24.3 Å². The number of carboxylic acids is 1. The number of imide groups is 1. The molecule has 1 aliphatic rings. The van der Waals surface area contributed by atoms with Crippen LogP contribution in [0, 0.1) is 0 Å². The van der Waals surface area contributed by atoms with Crippen molar-refractivity contribution in [2.24, 2.45) is 0 Å². The van der Waals surface area contributed by atoms with Crippen molar-refractivity contribution in [1.29, 1.82) is 0 Å². The van der Waals surface area contributed by atoms with E-state index in [1.165, 1.54) is 0 Å². The van der Waals surface area contributed by atoms with Crippen LogP contribution in [0.1, 0.15) is 59.1 Å². The average Bonchev–Trinajstić information content (AvgIpc) is 3.58. The number of aliphatic carboxylic acids is 1. The molecule has 288 valence electrons. The summed E-state index contributed by atoms with van der Waals surface area (Å²) in [4.78, 5) is 52.0. The van der Waals surface area contributed by atoms with Gasteiger partial charge in [-0.05, 0) is 33.4 Å². The number of benzene rings is 6. The smallest absolute Gasteiger partial charge is 0.334 e. The lowest BCUT2D eigenvalue weighted by molar-refractivity contribution is -0.197. The van der Waals surface area contributed by atoms with E-state index in [9.17, 15) is 19.2 Å². The van der Waals surface area contributed by atoms with Gasteiger partial charge in [0.2, 0.25) is 0 Å². The first-order valence-electron chi connectivity index (χ1n) is 18.7. The SMILES string of the molecule is O=C(CCSC(c1ccccc1)(c1ccccc1)c1ccccc1)ON1C(=O)CCC1=O.O=C(O)CCSC(c1ccccc1)(c1ccccc1)c1ccccc1. The van der Waals surface area contributed by atoms with Gasteiger partial charge < -0.3 is 9.94 Å². The summed E-state index contributed by atoms with van der Waals surface area (Å²) in [6.45, 7) is 0. The second-order valence-corrected chi connectivity index (χ2v) is 15.8. The molecule has 7 nitrogen and oxygen atoms in total. The standard InChI is InChI=1S/C26H23NO4S.C22H20O2S/c28-23-16-17-24(29)27(23)31-25(30)18-19-32-26(20-10-4-1-5-11-20,21-12-6-2-7-13-21)22-14-8-3-9-15-22;23-21(24)16-17-25-22(18-10-4-1-5-11-18,19-12-6-2-7-13-19)20-14-8-3-9-15-20/h1-15H,16-19H2;1-15H,16-17H2,(H,23,24). The zero-order valence-electron chi connectivity index (χ0n) is 31.3. The highest BCUT2D eigenvalue weighted by atomic mass is 32.2. The number of carboxylic acid groups (broad SMARTS) is 1. The van der Waals surface area contributed by atoms with Gasteiger partial charge in [0.25, 0.3) is 11.8 Å². The van der Waals surface area contributed by atoms with Crippen molar-refractivity contribution in [3.63, 3.8) is 0 Å². The molecule has 9 heteroatoms. The molecule has 0 radical (unpaired) electrons. The third kappa shape index (κ3) is 9.74. The Bertz CT molecular complexity index is 2000. The zero-order chi connectivity index (χ0) is 39.9. The van der Waals surface area contributed by atoms with E-state index < -0.39 is 33.2 Å². The van der Waals surface area contributed by atoms with Gasteiger partial charge >= 0.3 is 11.9 Å². The molecule has 0 saturated carbocycles. The van der Waals surface area contributed by atoms with Crippen molar-refractivity contribution in [3.05, 3.63) is 215 Å². The predicted octanol–water partition coefficient (Wildman–Crippen LogP) is 9.90. The van der Waals surface area contributed by atoms with Gasteiger partial charge in [-0.3, -0.25) is 14.4 Å². The molecule has 0 bridgehead atoms. The van der Waals surface area contributed by atoms with E-state index in [1.807, 2.05) is 109 Å². The van der Waals surface area contributed by atoms with Gasteiger partial charge in [-0.1, -0.05) is 182 Å². The topological polar surface area (TPSA) is 101 Å². The molecule has 1 saturated heterocycles. The molecule has 1 fully saturated rings. The summed E-state index contributed by atoms with van der Waals surface area (Å²) in [7, 11) is 0. The zero-order valence-corrected chi connectivity index (χ0v) is 32.9. The molecular weight excluding hydrogens is 751 g/mol. The third-order valence-corrected chi connectivity index (χ3v) is 12.6. The second-order valence-electron chi connectivity index (χ2n) is 13.2. The van der Waals surface area contributed by atoms with E-state index in [2.05, 4.69) is 72.8 Å². The molecule has 0 spiro atoms. The number of carbonyl (C=O) groups excluding carboxylic acids is 3.